The summed E-state index contributed by atoms with van der Waals surface area (Å²) in [6, 6.07) is 0. The van der Waals surface area contributed by atoms with Crippen LogP contribution >= 0.6 is 0 Å². The second-order valence-electron chi connectivity index (χ2n) is 3.98. The monoisotopic (exact) mass is 168 g/mol. The molecule has 0 fully saturated rings. The Morgan fingerprint density at radius 3 is 2.75 bits per heavy atom. The lowest BCUT2D eigenvalue weighted by atomic mass is 9.86. The van der Waals surface area contributed by atoms with Crippen molar-refractivity contribution in [3.63, 3.8) is 0 Å². The Labute approximate surface area is 75.5 Å². The predicted molar refractivity (Wildman–Crippen MR) is 52.0 cm³/mol. The van der Waals surface area contributed by atoms with Crippen LogP contribution in [0.4, 0.5) is 0 Å². The molecule has 0 saturated carbocycles. The normalized spacial score (nSPS) is 34.4. The molecule has 1 nitrogen and oxygen atoms in total. The first-order valence-corrected chi connectivity index (χ1v) is 5.08. The van der Waals surface area contributed by atoms with Crippen molar-refractivity contribution in [1.82, 2.24) is 0 Å². The Bertz CT molecular complexity index is 162. The molecule has 0 aliphatic heterocycles. The van der Waals surface area contributed by atoms with Gasteiger partial charge in [-0.3, -0.25) is 0 Å². The van der Waals surface area contributed by atoms with Gasteiger partial charge in [-0.05, 0) is 12.8 Å². The lowest BCUT2D eigenvalue weighted by Gasteiger charge is -2.27. The van der Waals surface area contributed by atoms with E-state index in [1.807, 2.05) is 0 Å². The van der Waals surface area contributed by atoms with Crippen molar-refractivity contribution in [2.45, 2.75) is 51.6 Å². The molecule has 1 heteroatoms. The van der Waals surface area contributed by atoms with E-state index in [1.54, 1.807) is 0 Å². The van der Waals surface area contributed by atoms with Gasteiger partial charge < -0.3 is 5.11 Å². The van der Waals surface area contributed by atoms with E-state index in [-0.39, 0.29) is 0 Å². The van der Waals surface area contributed by atoms with Crippen LogP contribution in [0.3, 0.4) is 0 Å². The molecular formula is C11H20O. The van der Waals surface area contributed by atoms with Crippen molar-refractivity contribution < 1.29 is 5.11 Å². The number of unbranched alkanes of at least 4 members (excludes halogenated alkanes) is 2. The fraction of sp³-hybridized carbons (Fsp3) is 0.818. The van der Waals surface area contributed by atoms with Gasteiger partial charge in [0.2, 0.25) is 0 Å². The third-order valence-electron chi connectivity index (χ3n) is 2.96. The van der Waals surface area contributed by atoms with Crippen LogP contribution in [0.25, 0.3) is 0 Å². The van der Waals surface area contributed by atoms with Crippen molar-refractivity contribution in [3.05, 3.63) is 12.2 Å². The van der Waals surface area contributed by atoms with Crippen molar-refractivity contribution in [1.29, 1.82) is 0 Å². The van der Waals surface area contributed by atoms with Gasteiger partial charge in [-0.15, -0.1) is 0 Å². The zero-order valence-electron chi connectivity index (χ0n) is 8.21. The lowest BCUT2D eigenvalue weighted by molar-refractivity contribution is 0.00697. The Morgan fingerprint density at radius 2 is 2.25 bits per heavy atom. The molecule has 2 atom stereocenters. The molecule has 1 aliphatic rings. The minimum absolute atomic E-state index is 0.356. The van der Waals surface area contributed by atoms with Crippen LogP contribution in [0.2, 0.25) is 0 Å². The quantitative estimate of drug-likeness (QED) is 0.505. The van der Waals surface area contributed by atoms with Gasteiger partial charge in [-0.25, -0.2) is 0 Å². The van der Waals surface area contributed by atoms with Crippen LogP contribution < -0.4 is 0 Å². The first-order chi connectivity index (χ1) is 5.69. The lowest BCUT2D eigenvalue weighted by Crippen LogP contribution is -2.31. The molecule has 70 valence electrons. The molecule has 1 aliphatic carbocycles. The zero-order chi connectivity index (χ0) is 9.03. The highest BCUT2D eigenvalue weighted by Crippen LogP contribution is 2.33. The fourth-order valence-electron chi connectivity index (χ4n) is 1.85. The van der Waals surface area contributed by atoms with E-state index < -0.39 is 5.60 Å². The van der Waals surface area contributed by atoms with Crippen LogP contribution in [0.15, 0.2) is 12.2 Å². The van der Waals surface area contributed by atoms with Crippen LogP contribution in [0, 0.1) is 5.92 Å². The van der Waals surface area contributed by atoms with Gasteiger partial charge in [0.05, 0.1) is 5.60 Å². The largest absolute Gasteiger partial charge is 0.389 e. The van der Waals surface area contributed by atoms with Gasteiger partial charge in [-0.1, -0.05) is 45.3 Å². The molecule has 1 N–H and O–H groups in total. The highest BCUT2D eigenvalue weighted by atomic mass is 16.3. The Hall–Kier alpha value is -0.300. The van der Waals surface area contributed by atoms with E-state index in [4.69, 9.17) is 0 Å². The van der Waals surface area contributed by atoms with Crippen LogP contribution in [-0.2, 0) is 0 Å². The minimum Gasteiger partial charge on any atom is -0.389 e. The summed E-state index contributed by atoms with van der Waals surface area (Å²) in [6.45, 7) is 4.30. The first-order valence-electron chi connectivity index (χ1n) is 5.08. The van der Waals surface area contributed by atoms with Crippen LogP contribution in [0.1, 0.15) is 46.0 Å². The first kappa shape index (κ1) is 9.79. The SMILES string of the molecule is CCCCCC1(O)CC=CC1C. The second-order valence-corrected chi connectivity index (χ2v) is 3.98. The van der Waals surface area contributed by atoms with Gasteiger partial charge in [0.15, 0.2) is 0 Å². The Balaban J connectivity index is 2.30. The van der Waals surface area contributed by atoms with E-state index in [9.17, 15) is 5.11 Å². The highest BCUT2D eigenvalue weighted by Gasteiger charge is 2.33. The van der Waals surface area contributed by atoms with E-state index in [2.05, 4.69) is 26.0 Å². The Morgan fingerprint density at radius 1 is 1.50 bits per heavy atom. The number of aliphatic hydroxyl groups is 1. The third-order valence-corrected chi connectivity index (χ3v) is 2.96. The van der Waals surface area contributed by atoms with E-state index >= 15 is 0 Å². The number of hydrogen-bond acceptors (Lipinski definition) is 1. The topological polar surface area (TPSA) is 20.2 Å². The summed E-state index contributed by atoms with van der Waals surface area (Å²) in [5.41, 5.74) is -0.408. The molecule has 0 saturated heterocycles. The Kier molecular flexibility index (Phi) is 3.33. The van der Waals surface area contributed by atoms with Gasteiger partial charge in [0, 0.05) is 5.92 Å². The van der Waals surface area contributed by atoms with E-state index in [0.29, 0.717) is 5.92 Å². The minimum atomic E-state index is -0.408. The molecule has 1 rings (SSSR count). The standard InChI is InChI=1S/C11H20O/c1-3-4-5-8-11(12)9-6-7-10(11)2/h6-7,10,12H,3-5,8-9H2,1-2H3. The van der Waals surface area contributed by atoms with Crippen molar-refractivity contribution in [2.75, 3.05) is 0 Å². The summed E-state index contributed by atoms with van der Waals surface area (Å²) in [5, 5.41) is 10.1. The molecule has 2 unspecified atom stereocenters. The zero-order valence-corrected chi connectivity index (χ0v) is 8.21. The average molecular weight is 168 g/mol. The highest BCUT2D eigenvalue weighted by molar-refractivity contribution is 5.08. The van der Waals surface area contributed by atoms with Crippen molar-refractivity contribution >= 4 is 0 Å². The summed E-state index contributed by atoms with van der Waals surface area (Å²) >= 11 is 0. The fourth-order valence-corrected chi connectivity index (χ4v) is 1.85. The van der Waals surface area contributed by atoms with Crippen molar-refractivity contribution in [2.24, 2.45) is 5.92 Å². The molecule has 0 radical (unpaired) electrons. The van der Waals surface area contributed by atoms with Gasteiger partial charge >= 0.3 is 0 Å². The number of hydrogen-bond donors (Lipinski definition) is 1. The molecule has 0 heterocycles. The molecule has 0 spiro atoms. The van der Waals surface area contributed by atoms with Gasteiger partial charge in [0.1, 0.15) is 0 Å². The van der Waals surface area contributed by atoms with Crippen LogP contribution in [-0.4, -0.2) is 10.7 Å². The molecule has 0 bridgehead atoms. The second kappa shape index (κ2) is 4.08. The van der Waals surface area contributed by atoms with Gasteiger partial charge in [0.25, 0.3) is 0 Å². The summed E-state index contributed by atoms with van der Waals surface area (Å²) in [5.74, 6) is 0.356. The predicted octanol–water partition coefficient (Wildman–Crippen LogP) is 2.89. The summed E-state index contributed by atoms with van der Waals surface area (Å²) in [7, 11) is 0. The van der Waals surface area contributed by atoms with E-state index in [1.165, 1.54) is 19.3 Å². The summed E-state index contributed by atoms with van der Waals surface area (Å²) in [6.07, 6.45) is 9.71. The molecule has 0 aromatic heterocycles. The van der Waals surface area contributed by atoms with E-state index in [0.717, 1.165) is 12.8 Å². The smallest absolute Gasteiger partial charge is 0.0741 e. The third kappa shape index (κ3) is 2.10. The van der Waals surface area contributed by atoms with Crippen molar-refractivity contribution in [3.8, 4) is 0 Å². The maximum absolute atomic E-state index is 10.1. The average Bonchev–Trinajstić information content (AvgIpc) is 2.34. The molecule has 0 aromatic carbocycles. The molecule has 0 amide bonds. The summed E-state index contributed by atoms with van der Waals surface area (Å²) in [4.78, 5) is 0. The van der Waals surface area contributed by atoms with Gasteiger partial charge in [-0.2, -0.15) is 0 Å². The maximum atomic E-state index is 10.1. The maximum Gasteiger partial charge on any atom is 0.0741 e. The molecule has 0 aromatic rings. The summed E-state index contributed by atoms with van der Waals surface area (Å²) < 4.78 is 0. The molecule has 12 heavy (non-hydrogen) atoms. The molecular weight excluding hydrogens is 148 g/mol. The number of rotatable bonds is 4. The van der Waals surface area contributed by atoms with Crippen LogP contribution in [0.5, 0.6) is 0 Å².